The maximum absolute atomic E-state index is 12.6. The molecule has 1 amide bonds. The number of likely N-dealkylation sites (tertiary alicyclic amines) is 1. The molecule has 1 aromatic heterocycles. The molecule has 24 heavy (non-hydrogen) atoms. The molecule has 1 aromatic carbocycles. The van der Waals surface area contributed by atoms with Gasteiger partial charge < -0.3 is 20.1 Å². The summed E-state index contributed by atoms with van der Waals surface area (Å²) in [5.41, 5.74) is 7.02. The van der Waals surface area contributed by atoms with E-state index in [0.717, 1.165) is 32.4 Å². The summed E-state index contributed by atoms with van der Waals surface area (Å²) in [6.45, 7) is 2.53. The lowest BCUT2D eigenvalue weighted by Crippen LogP contribution is -2.36. The van der Waals surface area contributed by atoms with Gasteiger partial charge in [-0.25, -0.2) is 0 Å². The van der Waals surface area contributed by atoms with Gasteiger partial charge in [-0.05, 0) is 31.4 Å². The molecule has 8 nitrogen and oxygen atoms in total. The number of hydrogen-bond donors (Lipinski definition) is 1. The molecule has 2 aliphatic heterocycles. The minimum atomic E-state index is -0.156. The van der Waals surface area contributed by atoms with Crippen LogP contribution in [0.25, 0.3) is 5.69 Å². The molecule has 1 saturated heterocycles. The Labute approximate surface area is 139 Å². The van der Waals surface area contributed by atoms with E-state index in [0.29, 0.717) is 30.4 Å². The monoisotopic (exact) mass is 329 g/mol. The van der Waals surface area contributed by atoms with Crippen molar-refractivity contribution in [2.45, 2.75) is 19.3 Å². The maximum Gasteiger partial charge on any atom is 0.278 e. The number of piperidine rings is 1. The van der Waals surface area contributed by atoms with Gasteiger partial charge in [0.1, 0.15) is 13.2 Å². The van der Waals surface area contributed by atoms with Crippen LogP contribution in [0.2, 0.25) is 0 Å². The van der Waals surface area contributed by atoms with Crippen molar-refractivity contribution < 1.29 is 14.3 Å². The van der Waals surface area contributed by atoms with E-state index in [1.165, 1.54) is 4.68 Å². The van der Waals surface area contributed by atoms with Crippen molar-refractivity contribution >= 4 is 11.7 Å². The highest BCUT2D eigenvalue weighted by molar-refractivity contribution is 5.96. The maximum atomic E-state index is 12.6. The Morgan fingerprint density at radius 2 is 1.83 bits per heavy atom. The predicted molar refractivity (Wildman–Crippen MR) is 86.5 cm³/mol. The zero-order valence-electron chi connectivity index (χ0n) is 13.3. The van der Waals surface area contributed by atoms with Gasteiger partial charge >= 0.3 is 0 Å². The highest BCUT2D eigenvalue weighted by atomic mass is 16.6. The van der Waals surface area contributed by atoms with E-state index in [1.807, 2.05) is 6.07 Å². The highest BCUT2D eigenvalue weighted by Crippen LogP contribution is 2.32. The molecular weight excluding hydrogens is 310 g/mol. The van der Waals surface area contributed by atoms with Crippen molar-refractivity contribution in [1.29, 1.82) is 0 Å². The summed E-state index contributed by atoms with van der Waals surface area (Å²) in [4.78, 5) is 14.4. The summed E-state index contributed by atoms with van der Waals surface area (Å²) in [5, 5.41) is 8.05. The number of rotatable bonds is 2. The van der Waals surface area contributed by atoms with Gasteiger partial charge in [-0.15, -0.1) is 5.10 Å². The van der Waals surface area contributed by atoms with Crippen molar-refractivity contribution in [3.63, 3.8) is 0 Å². The Kier molecular flexibility index (Phi) is 3.72. The molecular formula is C16H19N5O3. The minimum absolute atomic E-state index is 0.156. The number of benzene rings is 1. The van der Waals surface area contributed by atoms with E-state index in [2.05, 4.69) is 10.3 Å². The van der Waals surface area contributed by atoms with Crippen LogP contribution in [0, 0.1) is 0 Å². The van der Waals surface area contributed by atoms with Crippen molar-refractivity contribution in [1.82, 2.24) is 19.9 Å². The standard InChI is InChI=1S/C16H19N5O3/c17-15-14(16(22)20-6-2-1-3-7-20)18-19-21(15)11-4-5-12-13(10-11)24-9-8-23-12/h4-5,10H,1-3,6-9,17H2. The van der Waals surface area contributed by atoms with Crippen LogP contribution in [0.1, 0.15) is 29.8 Å². The normalized spacial score (nSPS) is 16.9. The number of nitrogens with two attached hydrogens (primary N) is 1. The van der Waals surface area contributed by atoms with Gasteiger partial charge in [0.05, 0.1) is 5.69 Å². The fourth-order valence-electron chi connectivity index (χ4n) is 3.04. The number of carbonyl (C=O) groups excluding carboxylic acids is 1. The predicted octanol–water partition coefficient (Wildman–Crippen LogP) is 1.25. The number of fused-ring (bicyclic) bond motifs is 1. The smallest absolute Gasteiger partial charge is 0.278 e. The van der Waals surface area contributed by atoms with Gasteiger partial charge in [0.15, 0.2) is 23.0 Å². The number of ether oxygens (including phenoxy) is 2. The van der Waals surface area contributed by atoms with E-state index >= 15 is 0 Å². The third-order valence-corrected chi connectivity index (χ3v) is 4.32. The number of aromatic nitrogens is 3. The second-order valence-electron chi connectivity index (χ2n) is 5.92. The molecule has 0 spiro atoms. The summed E-state index contributed by atoms with van der Waals surface area (Å²) < 4.78 is 12.5. The third-order valence-electron chi connectivity index (χ3n) is 4.32. The molecule has 0 unspecified atom stereocenters. The van der Waals surface area contributed by atoms with Gasteiger partial charge in [0.2, 0.25) is 0 Å². The van der Waals surface area contributed by atoms with E-state index in [1.54, 1.807) is 17.0 Å². The molecule has 126 valence electrons. The summed E-state index contributed by atoms with van der Waals surface area (Å²) >= 11 is 0. The van der Waals surface area contributed by atoms with Crippen LogP contribution in [-0.2, 0) is 0 Å². The Bertz CT molecular complexity index is 767. The number of anilines is 1. The number of nitrogen functional groups attached to an aromatic ring is 1. The first-order chi connectivity index (χ1) is 11.7. The molecule has 2 N–H and O–H groups in total. The highest BCUT2D eigenvalue weighted by Gasteiger charge is 2.25. The second kappa shape index (κ2) is 6.03. The number of hydrogen-bond acceptors (Lipinski definition) is 6. The van der Waals surface area contributed by atoms with E-state index in [4.69, 9.17) is 15.2 Å². The van der Waals surface area contributed by atoms with E-state index < -0.39 is 0 Å². The first kappa shape index (κ1) is 14.8. The average Bonchev–Trinajstić information content (AvgIpc) is 3.03. The zero-order valence-corrected chi connectivity index (χ0v) is 13.3. The van der Waals surface area contributed by atoms with Crippen molar-refractivity contribution in [2.75, 3.05) is 32.0 Å². The van der Waals surface area contributed by atoms with Crippen molar-refractivity contribution in [3.8, 4) is 17.2 Å². The lowest BCUT2D eigenvalue weighted by molar-refractivity contribution is 0.0719. The van der Waals surface area contributed by atoms with Gasteiger partial charge in [0, 0.05) is 19.2 Å². The lowest BCUT2D eigenvalue weighted by atomic mass is 10.1. The van der Waals surface area contributed by atoms with Gasteiger partial charge in [-0.3, -0.25) is 4.79 Å². The Morgan fingerprint density at radius 1 is 1.08 bits per heavy atom. The molecule has 0 saturated carbocycles. The second-order valence-corrected chi connectivity index (χ2v) is 5.92. The largest absolute Gasteiger partial charge is 0.486 e. The molecule has 3 heterocycles. The zero-order chi connectivity index (χ0) is 16.5. The minimum Gasteiger partial charge on any atom is -0.486 e. The van der Waals surface area contributed by atoms with Crippen molar-refractivity contribution in [2.24, 2.45) is 0 Å². The topological polar surface area (TPSA) is 95.5 Å². The molecule has 0 aliphatic carbocycles. The third kappa shape index (κ3) is 2.53. The Balaban J connectivity index is 1.63. The number of carbonyl (C=O) groups is 1. The lowest BCUT2D eigenvalue weighted by Gasteiger charge is -2.25. The molecule has 2 aromatic rings. The fraction of sp³-hybridized carbons (Fsp3) is 0.438. The van der Waals surface area contributed by atoms with Gasteiger partial charge in [0.25, 0.3) is 5.91 Å². The van der Waals surface area contributed by atoms with Crippen LogP contribution in [0.4, 0.5) is 5.82 Å². The van der Waals surface area contributed by atoms with E-state index in [9.17, 15) is 4.79 Å². The molecule has 2 aliphatic rings. The molecule has 0 atom stereocenters. The summed E-state index contributed by atoms with van der Waals surface area (Å²) in [6.07, 6.45) is 3.19. The van der Waals surface area contributed by atoms with Crippen LogP contribution in [0.5, 0.6) is 11.5 Å². The molecule has 0 radical (unpaired) electrons. The number of amides is 1. The summed E-state index contributed by atoms with van der Waals surface area (Å²) in [6, 6.07) is 5.40. The molecule has 4 rings (SSSR count). The SMILES string of the molecule is Nc1c(C(=O)N2CCCCC2)nnn1-c1ccc2c(c1)OCCO2. The quantitative estimate of drug-likeness (QED) is 0.891. The Hall–Kier alpha value is -2.77. The molecule has 1 fully saturated rings. The summed E-state index contributed by atoms with van der Waals surface area (Å²) in [7, 11) is 0. The van der Waals surface area contributed by atoms with Crippen LogP contribution in [-0.4, -0.2) is 52.1 Å². The van der Waals surface area contributed by atoms with Crippen LogP contribution < -0.4 is 15.2 Å². The average molecular weight is 329 g/mol. The van der Waals surface area contributed by atoms with Gasteiger partial charge in [-0.1, -0.05) is 5.21 Å². The Morgan fingerprint density at radius 3 is 2.62 bits per heavy atom. The van der Waals surface area contributed by atoms with Crippen LogP contribution in [0.15, 0.2) is 18.2 Å². The van der Waals surface area contributed by atoms with E-state index in [-0.39, 0.29) is 17.4 Å². The fourth-order valence-corrected chi connectivity index (χ4v) is 3.04. The first-order valence-corrected chi connectivity index (χ1v) is 8.14. The molecule has 8 heteroatoms. The number of nitrogens with zero attached hydrogens (tertiary/aromatic N) is 4. The van der Waals surface area contributed by atoms with Gasteiger partial charge in [-0.2, -0.15) is 4.68 Å². The first-order valence-electron chi connectivity index (χ1n) is 8.14. The summed E-state index contributed by atoms with van der Waals surface area (Å²) in [5.74, 6) is 1.41. The van der Waals surface area contributed by atoms with Crippen molar-refractivity contribution in [3.05, 3.63) is 23.9 Å². The van der Waals surface area contributed by atoms with Crippen LogP contribution in [0.3, 0.4) is 0 Å². The van der Waals surface area contributed by atoms with Crippen LogP contribution >= 0.6 is 0 Å². The molecule has 0 bridgehead atoms.